The van der Waals surface area contributed by atoms with Crippen LogP contribution in [0.2, 0.25) is 0 Å². The Morgan fingerprint density at radius 1 is 0.853 bits per heavy atom. The predicted molar refractivity (Wildman–Crippen MR) is 128 cm³/mol. The molecular formula is C26H42N4O4. The van der Waals surface area contributed by atoms with Crippen LogP contribution in [0.4, 0.5) is 0 Å². The van der Waals surface area contributed by atoms with E-state index in [0.717, 1.165) is 32.4 Å². The van der Waals surface area contributed by atoms with Crippen LogP contribution in [0.1, 0.15) is 52.4 Å². The molecule has 190 valence electrons. The van der Waals surface area contributed by atoms with Crippen molar-refractivity contribution < 1.29 is 19.1 Å². The number of carbonyl (C=O) groups excluding carboxylic acids is 3. The van der Waals surface area contributed by atoms with Crippen LogP contribution < -0.4 is 5.32 Å². The molecule has 0 aromatic heterocycles. The van der Waals surface area contributed by atoms with Gasteiger partial charge >= 0.3 is 0 Å². The van der Waals surface area contributed by atoms with Crippen molar-refractivity contribution in [2.24, 2.45) is 29.1 Å². The fourth-order valence-electron chi connectivity index (χ4n) is 7.62. The number of carbonyl (C=O) groups is 3. The van der Waals surface area contributed by atoms with Crippen molar-refractivity contribution in [2.75, 3.05) is 59.0 Å². The molecule has 1 unspecified atom stereocenters. The molecule has 8 heteroatoms. The van der Waals surface area contributed by atoms with Gasteiger partial charge in [0.1, 0.15) is 6.04 Å². The molecule has 6 fully saturated rings. The number of piperazine rings is 1. The predicted octanol–water partition coefficient (Wildman–Crippen LogP) is 1.35. The van der Waals surface area contributed by atoms with Crippen LogP contribution in [0, 0.1) is 29.1 Å². The quantitative estimate of drug-likeness (QED) is 0.628. The Balaban J connectivity index is 1.15. The number of hydrogen-bond donors (Lipinski definition) is 1. The summed E-state index contributed by atoms with van der Waals surface area (Å²) in [5.41, 5.74) is -0.243. The van der Waals surface area contributed by atoms with Crippen molar-refractivity contribution in [1.29, 1.82) is 0 Å². The Morgan fingerprint density at radius 3 is 1.91 bits per heavy atom. The van der Waals surface area contributed by atoms with Crippen LogP contribution in [0.5, 0.6) is 0 Å². The fraction of sp³-hybridized carbons (Fsp3) is 0.885. The molecule has 0 aromatic carbocycles. The van der Waals surface area contributed by atoms with Crippen molar-refractivity contribution in [2.45, 2.75) is 58.4 Å². The maximum absolute atomic E-state index is 13.6. The Kier molecular flexibility index (Phi) is 6.90. The molecule has 1 N–H and O–H groups in total. The van der Waals surface area contributed by atoms with Crippen molar-refractivity contribution in [3.05, 3.63) is 0 Å². The molecule has 0 radical (unpaired) electrons. The van der Waals surface area contributed by atoms with Crippen molar-refractivity contribution in [3.8, 4) is 0 Å². The second kappa shape index (κ2) is 9.76. The normalized spacial score (nSPS) is 34.4. The number of amides is 3. The van der Waals surface area contributed by atoms with Crippen LogP contribution in [-0.4, -0.2) is 97.5 Å². The summed E-state index contributed by atoms with van der Waals surface area (Å²) >= 11 is 0. The van der Waals surface area contributed by atoms with Gasteiger partial charge in [-0.3, -0.25) is 19.3 Å². The van der Waals surface area contributed by atoms with Gasteiger partial charge in [-0.05, 0) is 62.2 Å². The average molecular weight is 475 g/mol. The first-order chi connectivity index (χ1) is 16.3. The summed E-state index contributed by atoms with van der Waals surface area (Å²) in [5.74, 6) is 2.40. The van der Waals surface area contributed by atoms with Crippen LogP contribution in [-0.2, 0) is 19.1 Å². The average Bonchev–Trinajstić information content (AvgIpc) is 2.81. The molecule has 1 atom stereocenters. The molecule has 6 rings (SSSR count). The minimum absolute atomic E-state index is 0.00774. The van der Waals surface area contributed by atoms with Gasteiger partial charge in [-0.1, -0.05) is 13.8 Å². The van der Waals surface area contributed by atoms with Gasteiger partial charge < -0.3 is 19.9 Å². The molecule has 3 amide bonds. The molecule has 4 bridgehead atoms. The van der Waals surface area contributed by atoms with E-state index in [1.807, 2.05) is 23.6 Å². The lowest BCUT2D eigenvalue weighted by atomic mass is 9.49. The summed E-state index contributed by atoms with van der Waals surface area (Å²) in [6.07, 6.45) is 6.92. The second-order valence-corrected chi connectivity index (χ2v) is 12.0. The molecule has 2 heterocycles. The van der Waals surface area contributed by atoms with E-state index in [9.17, 15) is 14.4 Å². The lowest BCUT2D eigenvalue weighted by molar-refractivity contribution is -0.151. The van der Waals surface area contributed by atoms with Gasteiger partial charge in [0.25, 0.3) is 0 Å². The Labute approximate surface area is 203 Å². The number of nitrogens with zero attached hydrogens (tertiary/aromatic N) is 3. The Bertz CT molecular complexity index is 750. The number of hydrogen-bond acceptors (Lipinski definition) is 5. The van der Waals surface area contributed by atoms with Gasteiger partial charge in [0.2, 0.25) is 17.7 Å². The van der Waals surface area contributed by atoms with Crippen LogP contribution >= 0.6 is 0 Å². The first kappa shape index (κ1) is 24.0. The van der Waals surface area contributed by atoms with E-state index in [-0.39, 0.29) is 29.1 Å². The summed E-state index contributed by atoms with van der Waals surface area (Å²) in [6.45, 7) is 9.59. The highest BCUT2D eigenvalue weighted by Gasteiger charge is 2.55. The van der Waals surface area contributed by atoms with Gasteiger partial charge in [-0.25, -0.2) is 0 Å². The van der Waals surface area contributed by atoms with Gasteiger partial charge in [-0.15, -0.1) is 0 Å². The van der Waals surface area contributed by atoms with Crippen molar-refractivity contribution in [1.82, 2.24) is 20.0 Å². The summed E-state index contributed by atoms with van der Waals surface area (Å²) in [6, 6.07) is -0.490. The number of ether oxygens (including phenoxy) is 1. The lowest BCUT2D eigenvalue weighted by Gasteiger charge is -2.56. The summed E-state index contributed by atoms with van der Waals surface area (Å²) < 4.78 is 5.36. The van der Waals surface area contributed by atoms with E-state index in [1.165, 1.54) is 19.3 Å². The lowest BCUT2D eigenvalue weighted by Crippen LogP contribution is -2.61. The molecule has 2 aliphatic heterocycles. The van der Waals surface area contributed by atoms with E-state index >= 15 is 0 Å². The molecule has 2 saturated heterocycles. The first-order valence-corrected chi connectivity index (χ1v) is 13.5. The maximum Gasteiger partial charge on any atom is 0.245 e. The van der Waals surface area contributed by atoms with E-state index in [0.29, 0.717) is 63.7 Å². The third kappa shape index (κ3) is 4.85. The number of morpholine rings is 1. The molecular weight excluding hydrogens is 432 g/mol. The highest BCUT2D eigenvalue weighted by molar-refractivity contribution is 5.91. The van der Waals surface area contributed by atoms with Crippen LogP contribution in [0.15, 0.2) is 0 Å². The van der Waals surface area contributed by atoms with Crippen molar-refractivity contribution in [3.63, 3.8) is 0 Å². The van der Waals surface area contributed by atoms with Crippen LogP contribution in [0.3, 0.4) is 0 Å². The number of nitrogens with one attached hydrogen (secondary N) is 1. The summed E-state index contributed by atoms with van der Waals surface area (Å²) in [5, 5.41) is 3.23. The van der Waals surface area contributed by atoms with Crippen LogP contribution in [0.25, 0.3) is 0 Å². The third-order valence-electron chi connectivity index (χ3n) is 9.15. The molecule has 0 spiro atoms. The Morgan fingerprint density at radius 2 is 1.38 bits per heavy atom. The Hall–Kier alpha value is -1.67. The highest BCUT2D eigenvalue weighted by atomic mass is 16.5. The van der Waals surface area contributed by atoms with E-state index in [4.69, 9.17) is 4.74 Å². The molecule has 34 heavy (non-hydrogen) atoms. The summed E-state index contributed by atoms with van der Waals surface area (Å²) in [4.78, 5) is 45.6. The topological polar surface area (TPSA) is 82.2 Å². The zero-order chi connectivity index (χ0) is 23.9. The van der Waals surface area contributed by atoms with E-state index in [2.05, 4.69) is 10.2 Å². The largest absolute Gasteiger partial charge is 0.379 e. The molecule has 0 aromatic rings. The SMILES string of the molecule is CC(C)C(NC(=O)C12CC3CC(CC(C3)C1)C2)C(=O)N1CCN(C(=O)CN2CCOCC2)CC1. The molecule has 6 aliphatic rings. The highest BCUT2D eigenvalue weighted by Crippen LogP contribution is 2.60. The van der Waals surface area contributed by atoms with E-state index in [1.54, 1.807) is 0 Å². The third-order valence-corrected chi connectivity index (χ3v) is 9.15. The minimum Gasteiger partial charge on any atom is -0.379 e. The van der Waals surface area contributed by atoms with E-state index < -0.39 is 6.04 Å². The maximum atomic E-state index is 13.6. The van der Waals surface area contributed by atoms with Gasteiger partial charge in [0, 0.05) is 44.7 Å². The van der Waals surface area contributed by atoms with Gasteiger partial charge in [0.15, 0.2) is 0 Å². The minimum atomic E-state index is -0.490. The number of rotatable bonds is 6. The zero-order valence-electron chi connectivity index (χ0n) is 21.0. The molecule has 4 aliphatic carbocycles. The monoisotopic (exact) mass is 474 g/mol. The standard InChI is InChI=1S/C26H42N4O4/c1-18(2)23(27-25(33)26-14-19-11-20(15-26)13-21(12-19)16-26)24(32)30-5-3-29(4-6-30)22(31)17-28-7-9-34-10-8-28/h18-21,23H,3-17H2,1-2H3,(H,27,33). The first-order valence-electron chi connectivity index (χ1n) is 13.5. The fourth-order valence-corrected chi connectivity index (χ4v) is 7.62. The summed E-state index contributed by atoms with van der Waals surface area (Å²) in [7, 11) is 0. The second-order valence-electron chi connectivity index (χ2n) is 12.0. The van der Waals surface area contributed by atoms with Crippen molar-refractivity contribution >= 4 is 17.7 Å². The molecule has 8 nitrogen and oxygen atoms in total. The van der Waals surface area contributed by atoms with Gasteiger partial charge in [-0.2, -0.15) is 0 Å². The zero-order valence-corrected chi connectivity index (χ0v) is 21.0. The molecule has 4 saturated carbocycles. The van der Waals surface area contributed by atoms with Gasteiger partial charge in [0.05, 0.1) is 19.8 Å². The smallest absolute Gasteiger partial charge is 0.245 e.